The molecule has 1 aromatic heterocycles. The van der Waals surface area contributed by atoms with E-state index in [1.807, 2.05) is 0 Å². The van der Waals surface area contributed by atoms with Crippen LogP contribution in [0.1, 0.15) is 44.9 Å². The number of halogens is 1. The minimum absolute atomic E-state index is 0.0851. The monoisotopic (exact) mass is 439 g/mol. The number of fused-ring (bicyclic) bond motifs is 1. The summed E-state index contributed by atoms with van der Waals surface area (Å²) in [6.45, 7) is 0. The van der Waals surface area contributed by atoms with Crippen molar-refractivity contribution in [3.05, 3.63) is 64.7 Å². The molecule has 1 saturated carbocycles. The van der Waals surface area contributed by atoms with E-state index in [2.05, 4.69) is 10.3 Å². The minimum Gasteiger partial charge on any atom is -0.353 e. The molecule has 0 radical (unpaired) electrons. The highest BCUT2D eigenvalue weighted by molar-refractivity contribution is 7.99. The van der Waals surface area contributed by atoms with Gasteiger partial charge in [0.05, 0.1) is 22.3 Å². The van der Waals surface area contributed by atoms with E-state index in [1.54, 1.807) is 42.5 Å². The lowest BCUT2D eigenvalue weighted by atomic mass is 9.97. The van der Waals surface area contributed by atoms with Gasteiger partial charge in [-0.15, -0.1) is 0 Å². The Kier molecular flexibility index (Phi) is 7.02. The fourth-order valence-corrected chi connectivity index (χ4v) is 4.87. The van der Waals surface area contributed by atoms with Gasteiger partial charge in [0.1, 0.15) is 5.82 Å². The first-order valence-corrected chi connectivity index (χ1v) is 11.8. The molecular weight excluding hydrogens is 413 g/mol. The van der Waals surface area contributed by atoms with E-state index in [4.69, 9.17) is 0 Å². The number of para-hydroxylation sites is 2. The summed E-state index contributed by atoms with van der Waals surface area (Å²) in [5.41, 5.74) is 0.315. The maximum Gasteiger partial charge on any atom is 0.266 e. The Bertz CT molecular complexity index is 1120. The van der Waals surface area contributed by atoms with Crippen LogP contribution in [-0.2, 0) is 4.79 Å². The molecule has 7 heteroatoms. The molecule has 162 valence electrons. The first kappa shape index (κ1) is 21.6. The molecule has 0 unspecified atom stereocenters. The Morgan fingerprint density at radius 2 is 1.71 bits per heavy atom. The fraction of sp³-hybridized carbons (Fsp3) is 0.375. The number of nitrogens with zero attached hydrogens (tertiary/aromatic N) is 2. The SMILES string of the molecule is O=C(CSc1nc2ccccc2c(=O)n1-c1ccccc1F)NC1CCCCCCC1. The van der Waals surface area contributed by atoms with Crippen LogP contribution in [0.3, 0.4) is 0 Å². The Balaban J connectivity index is 1.59. The Labute approximate surface area is 185 Å². The molecule has 1 heterocycles. The van der Waals surface area contributed by atoms with Gasteiger partial charge < -0.3 is 5.32 Å². The van der Waals surface area contributed by atoms with Crippen molar-refractivity contribution in [1.82, 2.24) is 14.9 Å². The standard InChI is InChI=1S/C24H26FN3O2S/c25-19-13-7-9-15-21(19)28-23(30)18-12-6-8-14-20(18)27-24(28)31-16-22(29)26-17-10-4-2-1-3-5-11-17/h6-9,12-15,17H,1-5,10-11,16H2,(H,26,29). The van der Waals surface area contributed by atoms with Gasteiger partial charge in [0.15, 0.2) is 5.16 Å². The van der Waals surface area contributed by atoms with Gasteiger partial charge >= 0.3 is 0 Å². The van der Waals surface area contributed by atoms with Crippen LogP contribution in [0.15, 0.2) is 58.5 Å². The number of aromatic nitrogens is 2. The van der Waals surface area contributed by atoms with Crippen molar-refractivity contribution in [2.45, 2.75) is 56.1 Å². The van der Waals surface area contributed by atoms with E-state index in [9.17, 15) is 14.0 Å². The van der Waals surface area contributed by atoms with Crippen LogP contribution in [0.2, 0.25) is 0 Å². The first-order valence-electron chi connectivity index (χ1n) is 10.8. The molecule has 0 spiro atoms. The molecular formula is C24H26FN3O2S. The van der Waals surface area contributed by atoms with Crippen LogP contribution >= 0.6 is 11.8 Å². The Morgan fingerprint density at radius 1 is 1.03 bits per heavy atom. The van der Waals surface area contributed by atoms with Gasteiger partial charge in [-0.3, -0.25) is 14.2 Å². The second kappa shape index (κ2) is 10.1. The average molecular weight is 440 g/mol. The predicted molar refractivity (Wildman–Crippen MR) is 122 cm³/mol. The minimum atomic E-state index is -0.512. The van der Waals surface area contributed by atoms with Gasteiger partial charge in [-0.2, -0.15) is 0 Å². The van der Waals surface area contributed by atoms with Crippen LogP contribution in [0, 0.1) is 5.82 Å². The molecule has 5 nitrogen and oxygen atoms in total. The van der Waals surface area contributed by atoms with E-state index in [-0.39, 0.29) is 28.9 Å². The Hall–Kier alpha value is -2.67. The van der Waals surface area contributed by atoms with E-state index < -0.39 is 5.82 Å². The molecule has 0 bridgehead atoms. The topological polar surface area (TPSA) is 64.0 Å². The zero-order chi connectivity index (χ0) is 21.6. The fourth-order valence-electron chi connectivity index (χ4n) is 4.05. The molecule has 4 rings (SSSR count). The van der Waals surface area contributed by atoms with Crippen molar-refractivity contribution in [3.63, 3.8) is 0 Å². The molecule has 1 aliphatic carbocycles. The molecule has 1 amide bonds. The summed E-state index contributed by atoms with van der Waals surface area (Å²) in [5, 5.41) is 3.85. The summed E-state index contributed by atoms with van der Waals surface area (Å²) in [5.74, 6) is -0.476. The molecule has 1 fully saturated rings. The van der Waals surface area contributed by atoms with Crippen LogP contribution in [0.4, 0.5) is 4.39 Å². The van der Waals surface area contributed by atoms with Gasteiger partial charge in [-0.1, -0.05) is 68.1 Å². The maximum absolute atomic E-state index is 14.5. The third-order valence-corrected chi connectivity index (χ3v) is 6.58. The lowest BCUT2D eigenvalue weighted by Crippen LogP contribution is -2.36. The summed E-state index contributed by atoms with van der Waals surface area (Å²) >= 11 is 1.16. The van der Waals surface area contributed by atoms with E-state index in [1.165, 1.54) is 29.9 Å². The normalized spacial score (nSPS) is 15.4. The lowest BCUT2D eigenvalue weighted by Gasteiger charge is -2.21. The van der Waals surface area contributed by atoms with Crippen molar-refractivity contribution >= 4 is 28.6 Å². The summed E-state index contributed by atoms with van der Waals surface area (Å²) < 4.78 is 15.8. The number of rotatable bonds is 5. The first-order chi connectivity index (χ1) is 15.1. The summed E-state index contributed by atoms with van der Waals surface area (Å²) in [6.07, 6.45) is 8.00. The highest BCUT2D eigenvalue weighted by Crippen LogP contribution is 2.23. The van der Waals surface area contributed by atoms with Crippen LogP contribution < -0.4 is 10.9 Å². The molecule has 31 heavy (non-hydrogen) atoms. The van der Waals surface area contributed by atoms with Crippen LogP contribution in [0.25, 0.3) is 16.6 Å². The van der Waals surface area contributed by atoms with Gasteiger partial charge in [0, 0.05) is 6.04 Å². The molecule has 0 atom stereocenters. The van der Waals surface area contributed by atoms with Crippen molar-refractivity contribution in [2.24, 2.45) is 0 Å². The summed E-state index contributed by atoms with van der Waals surface area (Å²) in [4.78, 5) is 30.4. The Morgan fingerprint density at radius 3 is 2.48 bits per heavy atom. The van der Waals surface area contributed by atoms with Crippen molar-refractivity contribution in [1.29, 1.82) is 0 Å². The van der Waals surface area contributed by atoms with E-state index >= 15 is 0 Å². The van der Waals surface area contributed by atoms with Crippen LogP contribution in [0.5, 0.6) is 0 Å². The lowest BCUT2D eigenvalue weighted by molar-refractivity contribution is -0.119. The van der Waals surface area contributed by atoms with E-state index in [0.717, 1.165) is 37.4 Å². The number of nitrogens with one attached hydrogen (secondary N) is 1. The number of thioether (sulfide) groups is 1. The van der Waals surface area contributed by atoms with E-state index in [0.29, 0.717) is 16.1 Å². The smallest absolute Gasteiger partial charge is 0.266 e. The molecule has 3 aromatic rings. The molecule has 0 saturated heterocycles. The number of carbonyl (C=O) groups excluding carboxylic acids is 1. The number of hydrogen-bond donors (Lipinski definition) is 1. The molecule has 2 aromatic carbocycles. The average Bonchev–Trinajstić information content (AvgIpc) is 2.75. The second-order valence-electron chi connectivity index (χ2n) is 7.90. The van der Waals surface area contributed by atoms with Gasteiger partial charge in [0.2, 0.25) is 5.91 Å². The van der Waals surface area contributed by atoms with Crippen molar-refractivity contribution in [3.8, 4) is 5.69 Å². The number of carbonyl (C=O) groups is 1. The van der Waals surface area contributed by atoms with Crippen molar-refractivity contribution < 1.29 is 9.18 Å². The molecule has 0 aliphatic heterocycles. The summed E-state index contributed by atoms with van der Waals surface area (Å²) in [6, 6.07) is 13.3. The zero-order valence-electron chi connectivity index (χ0n) is 17.4. The maximum atomic E-state index is 14.5. The third-order valence-electron chi connectivity index (χ3n) is 5.64. The summed E-state index contributed by atoms with van der Waals surface area (Å²) in [7, 11) is 0. The van der Waals surface area contributed by atoms with Gasteiger partial charge in [0.25, 0.3) is 5.56 Å². The molecule has 1 N–H and O–H groups in total. The zero-order valence-corrected chi connectivity index (χ0v) is 18.2. The highest BCUT2D eigenvalue weighted by atomic mass is 32.2. The largest absolute Gasteiger partial charge is 0.353 e. The van der Waals surface area contributed by atoms with Gasteiger partial charge in [-0.05, 0) is 37.1 Å². The highest BCUT2D eigenvalue weighted by Gasteiger charge is 2.18. The van der Waals surface area contributed by atoms with Gasteiger partial charge in [-0.25, -0.2) is 9.37 Å². The number of benzene rings is 2. The second-order valence-corrected chi connectivity index (χ2v) is 8.84. The predicted octanol–water partition coefficient (Wildman–Crippen LogP) is 4.85. The van der Waals surface area contributed by atoms with Crippen molar-refractivity contribution in [2.75, 3.05) is 5.75 Å². The third kappa shape index (κ3) is 5.15. The quantitative estimate of drug-likeness (QED) is 0.456. The van der Waals surface area contributed by atoms with Crippen LogP contribution in [-0.4, -0.2) is 27.3 Å². The number of amides is 1. The molecule has 1 aliphatic rings. The number of hydrogen-bond acceptors (Lipinski definition) is 4.